The lowest BCUT2D eigenvalue weighted by molar-refractivity contribution is -0.138. The number of nitrogens with zero attached hydrogens (tertiary/aromatic N) is 4. The summed E-state index contributed by atoms with van der Waals surface area (Å²) in [5, 5.41) is 18.6. The topological polar surface area (TPSA) is 126 Å². The molecule has 0 amide bonds. The number of esters is 2. The van der Waals surface area contributed by atoms with Crippen LogP contribution in [0.2, 0.25) is 0 Å². The average Bonchev–Trinajstić information content (AvgIpc) is 3.65. The number of carbonyl (C=O) groups excluding carboxylic acids is 2. The second-order valence-corrected chi connectivity index (χ2v) is 10.3. The van der Waals surface area contributed by atoms with Crippen molar-refractivity contribution in [3.05, 3.63) is 81.8 Å². The molecule has 0 saturated carbocycles. The van der Waals surface area contributed by atoms with Crippen LogP contribution in [0.4, 0.5) is 0 Å². The van der Waals surface area contributed by atoms with E-state index in [2.05, 4.69) is 9.97 Å². The third-order valence-corrected chi connectivity index (χ3v) is 7.57. The molecule has 8 nitrogen and oxygen atoms in total. The van der Waals surface area contributed by atoms with Crippen LogP contribution in [0.5, 0.6) is 0 Å². The van der Waals surface area contributed by atoms with Gasteiger partial charge < -0.3 is 9.47 Å². The maximum Gasteiger partial charge on any atom is 0.348 e. The zero-order chi connectivity index (χ0) is 28.5. The van der Waals surface area contributed by atoms with Gasteiger partial charge in [-0.25, -0.2) is 9.59 Å². The van der Waals surface area contributed by atoms with Crippen LogP contribution in [0.1, 0.15) is 23.6 Å². The Morgan fingerprint density at radius 1 is 0.750 bits per heavy atom. The largest absolute Gasteiger partial charge is 0.462 e. The van der Waals surface area contributed by atoms with E-state index >= 15 is 0 Å². The Morgan fingerprint density at radius 3 is 1.55 bits per heavy atom. The summed E-state index contributed by atoms with van der Waals surface area (Å²) >= 11 is 2.88. The number of ether oxygens (including phenoxy) is 2. The molecule has 4 rings (SSSR count). The van der Waals surface area contributed by atoms with Crippen LogP contribution in [-0.2, 0) is 19.1 Å². The normalized spacial score (nSPS) is 11.4. The van der Waals surface area contributed by atoms with E-state index in [9.17, 15) is 20.1 Å². The van der Waals surface area contributed by atoms with Gasteiger partial charge in [0.15, 0.2) is 0 Å². The first-order valence-corrected chi connectivity index (χ1v) is 13.8. The summed E-state index contributed by atoms with van der Waals surface area (Å²) in [6.07, 6.45) is 6.47. The second-order valence-electron chi connectivity index (χ2n) is 8.04. The zero-order valence-electron chi connectivity index (χ0n) is 21.6. The number of hydrogen-bond acceptors (Lipinski definition) is 10. The lowest BCUT2D eigenvalue weighted by Gasteiger charge is -2.05. The molecule has 0 aliphatic carbocycles. The van der Waals surface area contributed by atoms with Gasteiger partial charge in [-0.1, -0.05) is 0 Å². The quantitative estimate of drug-likeness (QED) is 0.127. The molecule has 0 aliphatic heterocycles. The van der Waals surface area contributed by atoms with Gasteiger partial charge in [-0.05, 0) is 85.7 Å². The lowest BCUT2D eigenvalue weighted by atomic mass is 10.1. The van der Waals surface area contributed by atoms with Crippen LogP contribution in [0, 0.1) is 22.7 Å². The monoisotopic (exact) mass is 566 g/mol. The van der Waals surface area contributed by atoms with Gasteiger partial charge in [0.2, 0.25) is 0 Å². The third kappa shape index (κ3) is 6.75. The number of thiophene rings is 2. The number of nitriles is 2. The number of rotatable bonds is 9. The van der Waals surface area contributed by atoms with E-state index in [-0.39, 0.29) is 24.4 Å². The Bertz CT molecular complexity index is 1580. The van der Waals surface area contributed by atoms with Crippen molar-refractivity contribution in [2.24, 2.45) is 0 Å². The molecule has 0 atom stereocenters. The number of aromatic nitrogens is 2. The molecule has 0 radical (unpaired) electrons. The van der Waals surface area contributed by atoms with Crippen LogP contribution >= 0.6 is 22.7 Å². The molecule has 0 N–H and O–H groups in total. The number of hydrogen-bond donors (Lipinski definition) is 0. The number of carbonyl (C=O) groups is 2. The summed E-state index contributed by atoms with van der Waals surface area (Å²) in [7, 11) is 0. The molecule has 0 bridgehead atoms. The molecular weight excluding hydrogens is 544 g/mol. The lowest BCUT2D eigenvalue weighted by Crippen LogP contribution is -2.05. The van der Waals surface area contributed by atoms with Gasteiger partial charge in [0.05, 0.1) is 24.6 Å². The second kappa shape index (κ2) is 13.3. The molecule has 4 aromatic heterocycles. The van der Waals surface area contributed by atoms with Crippen molar-refractivity contribution in [2.75, 3.05) is 13.2 Å². The van der Waals surface area contributed by atoms with E-state index < -0.39 is 11.9 Å². The highest BCUT2D eigenvalue weighted by molar-refractivity contribution is 7.16. The van der Waals surface area contributed by atoms with Gasteiger partial charge in [0.1, 0.15) is 23.3 Å². The van der Waals surface area contributed by atoms with Crippen LogP contribution in [0.25, 0.3) is 44.4 Å². The molecule has 0 spiro atoms. The zero-order valence-corrected chi connectivity index (χ0v) is 23.2. The molecule has 10 heteroatoms. The maximum atomic E-state index is 11.9. The Kier molecular flexibility index (Phi) is 9.31. The molecule has 198 valence electrons. The molecule has 0 saturated heterocycles. The van der Waals surface area contributed by atoms with Crippen molar-refractivity contribution in [3.8, 4) is 44.4 Å². The first kappa shape index (κ1) is 28.1. The predicted molar refractivity (Wildman–Crippen MR) is 155 cm³/mol. The summed E-state index contributed by atoms with van der Waals surface area (Å²) in [5.41, 5.74) is 3.10. The molecule has 0 unspecified atom stereocenters. The Morgan fingerprint density at radius 2 is 1.18 bits per heavy atom. The highest BCUT2D eigenvalue weighted by atomic mass is 32.1. The minimum absolute atomic E-state index is 0.0522. The first-order chi connectivity index (χ1) is 19.4. The summed E-state index contributed by atoms with van der Waals surface area (Å²) in [4.78, 5) is 36.3. The van der Waals surface area contributed by atoms with E-state index in [4.69, 9.17) is 9.47 Å². The van der Waals surface area contributed by atoms with Crippen LogP contribution in [-0.4, -0.2) is 35.1 Å². The maximum absolute atomic E-state index is 11.9. The fourth-order valence-corrected chi connectivity index (χ4v) is 5.49. The predicted octanol–water partition coefficient (Wildman–Crippen LogP) is 6.54. The Hall–Kier alpha value is -4.90. The summed E-state index contributed by atoms with van der Waals surface area (Å²) in [6.45, 7) is 3.78. The van der Waals surface area contributed by atoms with Gasteiger partial charge in [-0.2, -0.15) is 10.5 Å². The standard InChI is InChI=1S/C30H22N4O4S2/c1-3-37-29(35)21(17-31)13-23-5-7-27(39-23)19-9-11-33-25(15-19)26-16-20(10-12-34-26)28-8-6-24(40-28)14-22(18-32)30(36)38-4-2/h5-16H,3-4H2,1-2H3/b21-13-,22-14?. The molecule has 0 aromatic carbocycles. The van der Waals surface area contributed by atoms with Gasteiger partial charge in [0.25, 0.3) is 0 Å². The Balaban J connectivity index is 1.58. The van der Waals surface area contributed by atoms with Gasteiger partial charge in [-0.3, -0.25) is 9.97 Å². The molecule has 4 heterocycles. The minimum Gasteiger partial charge on any atom is -0.462 e. The van der Waals surface area contributed by atoms with Crippen molar-refractivity contribution in [2.45, 2.75) is 13.8 Å². The van der Waals surface area contributed by atoms with Gasteiger partial charge in [0, 0.05) is 31.9 Å². The van der Waals surface area contributed by atoms with E-state index in [1.165, 1.54) is 34.8 Å². The van der Waals surface area contributed by atoms with Crippen molar-refractivity contribution in [1.29, 1.82) is 10.5 Å². The van der Waals surface area contributed by atoms with Crippen molar-refractivity contribution < 1.29 is 19.1 Å². The summed E-state index contributed by atoms with van der Waals surface area (Å²) < 4.78 is 9.87. The van der Waals surface area contributed by atoms with Crippen molar-refractivity contribution in [3.63, 3.8) is 0 Å². The molecule has 40 heavy (non-hydrogen) atoms. The van der Waals surface area contributed by atoms with E-state index in [1.54, 1.807) is 26.2 Å². The smallest absolute Gasteiger partial charge is 0.348 e. The summed E-state index contributed by atoms with van der Waals surface area (Å²) in [6, 6.07) is 19.0. The molecule has 0 aliphatic rings. The van der Waals surface area contributed by atoms with E-state index in [0.29, 0.717) is 11.4 Å². The Labute approximate surface area is 239 Å². The van der Waals surface area contributed by atoms with E-state index in [1.807, 2.05) is 60.7 Å². The first-order valence-electron chi connectivity index (χ1n) is 12.2. The van der Waals surface area contributed by atoms with Gasteiger partial charge in [-0.15, -0.1) is 22.7 Å². The van der Waals surface area contributed by atoms with E-state index in [0.717, 1.165) is 30.6 Å². The van der Waals surface area contributed by atoms with Crippen LogP contribution in [0.3, 0.4) is 0 Å². The third-order valence-electron chi connectivity index (χ3n) is 5.41. The average molecular weight is 567 g/mol. The van der Waals surface area contributed by atoms with Crippen LogP contribution in [0.15, 0.2) is 72.1 Å². The highest BCUT2D eigenvalue weighted by Crippen LogP contribution is 2.34. The number of pyridine rings is 2. The van der Waals surface area contributed by atoms with Gasteiger partial charge >= 0.3 is 11.9 Å². The molecular formula is C30H22N4O4S2. The van der Waals surface area contributed by atoms with Crippen LogP contribution < -0.4 is 0 Å². The fourth-order valence-electron chi connectivity index (χ4n) is 3.59. The van der Waals surface area contributed by atoms with Crippen molar-refractivity contribution >= 4 is 46.8 Å². The fraction of sp³-hybridized carbons (Fsp3) is 0.133. The molecule has 4 aromatic rings. The highest BCUT2D eigenvalue weighted by Gasteiger charge is 2.13. The summed E-state index contributed by atoms with van der Waals surface area (Å²) in [5.74, 6) is -1.29. The SMILES string of the molecule is CCOC(=O)C(C#N)=Cc1ccc(-c2ccnc(-c3cc(-c4ccc(/C=C(/C#N)C(=O)OCC)s4)ccn3)c2)s1. The molecule has 0 fully saturated rings. The minimum atomic E-state index is -0.643. The van der Waals surface area contributed by atoms with Crippen molar-refractivity contribution in [1.82, 2.24) is 9.97 Å².